The maximum Gasteiger partial charge on any atom is 0.235 e. The molecule has 1 aliphatic carbocycles. The molecule has 2 aliphatic rings. The van der Waals surface area contributed by atoms with E-state index in [4.69, 9.17) is 9.47 Å². The van der Waals surface area contributed by atoms with Gasteiger partial charge < -0.3 is 14.4 Å². The van der Waals surface area contributed by atoms with E-state index in [1.807, 2.05) is 6.92 Å². The molecule has 23 heavy (non-hydrogen) atoms. The first-order valence-electron chi connectivity index (χ1n) is 8.60. The van der Waals surface area contributed by atoms with E-state index in [0.29, 0.717) is 18.1 Å². The molecule has 0 unspecified atom stereocenters. The lowest BCUT2D eigenvalue weighted by Gasteiger charge is -2.34. The Morgan fingerprint density at radius 2 is 1.65 bits per heavy atom. The lowest BCUT2D eigenvalue weighted by molar-refractivity contribution is -0.0646. The summed E-state index contributed by atoms with van der Waals surface area (Å²) in [5.74, 6) is 0.660. The summed E-state index contributed by atoms with van der Waals surface area (Å²) >= 11 is 3.33. The zero-order valence-electron chi connectivity index (χ0n) is 14.0. The fourth-order valence-corrected chi connectivity index (χ4v) is 3.76. The standard InChI is InChI=1S/C17H26BrN3O2/c1-12-17(19-11-16(18)20-12)23-14-5-3-13(4-6-14)22-15-7-9-21(2)10-8-15/h11,13-15H,3-10H2,1-2H3. The SMILES string of the molecule is Cc1nc(Br)cnc1OC1CCC(OC2CCN(C)CC2)CC1. The number of aromatic nitrogens is 2. The Kier molecular flexibility index (Phi) is 5.88. The number of hydrogen-bond acceptors (Lipinski definition) is 5. The molecule has 0 radical (unpaired) electrons. The Balaban J connectivity index is 1.43. The molecule has 0 amide bonds. The van der Waals surface area contributed by atoms with Crippen molar-refractivity contribution in [1.29, 1.82) is 0 Å². The van der Waals surface area contributed by atoms with Crippen LogP contribution in [0.2, 0.25) is 0 Å². The maximum atomic E-state index is 6.30. The summed E-state index contributed by atoms with van der Waals surface area (Å²) < 4.78 is 13.1. The molecule has 2 fully saturated rings. The van der Waals surface area contributed by atoms with Crippen molar-refractivity contribution < 1.29 is 9.47 Å². The number of aryl methyl sites for hydroxylation is 1. The third kappa shape index (κ3) is 4.88. The minimum absolute atomic E-state index is 0.238. The Hall–Kier alpha value is -0.720. The highest BCUT2D eigenvalue weighted by molar-refractivity contribution is 9.10. The monoisotopic (exact) mass is 383 g/mol. The summed E-state index contributed by atoms with van der Waals surface area (Å²) in [5, 5.41) is 0. The van der Waals surface area contributed by atoms with E-state index >= 15 is 0 Å². The molecule has 128 valence electrons. The molecule has 1 aromatic heterocycles. The van der Waals surface area contributed by atoms with Gasteiger partial charge in [-0.25, -0.2) is 9.97 Å². The first kappa shape index (κ1) is 17.1. The minimum Gasteiger partial charge on any atom is -0.473 e. The minimum atomic E-state index is 0.238. The van der Waals surface area contributed by atoms with E-state index in [0.717, 1.165) is 49.1 Å². The van der Waals surface area contributed by atoms with Crippen LogP contribution in [-0.4, -0.2) is 53.3 Å². The van der Waals surface area contributed by atoms with E-state index in [9.17, 15) is 0 Å². The second kappa shape index (κ2) is 7.90. The fraction of sp³-hybridized carbons (Fsp3) is 0.765. The van der Waals surface area contributed by atoms with Crippen molar-refractivity contribution in [1.82, 2.24) is 14.9 Å². The van der Waals surface area contributed by atoms with Crippen molar-refractivity contribution in [2.24, 2.45) is 0 Å². The third-order valence-corrected chi connectivity index (χ3v) is 5.20. The van der Waals surface area contributed by atoms with E-state index < -0.39 is 0 Å². The molecule has 6 heteroatoms. The molecule has 0 atom stereocenters. The van der Waals surface area contributed by atoms with E-state index in [2.05, 4.69) is 37.8 Å². The number of ether oxygens (including phenoxy) is 2. The quantitative estimate of drug-likeness (QED) is 0.797. The van der Waals surface area contributed by atoms with Gasteiger partial charge in [0.2, 0.25) is 5.88 Å². The number of nitrogens with zero attached hydrogens (tertiary/aromatic N) is 3. The summed E-state index contributed by atoms with van der Waals surface area (Å²) in [6.45, 7) is 4.25. The molecular formula is C17H26BrN3O2. The van der Waals surface area contributed by atoms with Gasteiger partial charge in [-0.05, 0) is 68.4 Å². The summed E-state index contributed by atoms with van der Waals surface area (Å²) in [5.41, 5.74) is 0.837. The maximum absolute atomic E-state index is 6.30. The van der Waals surface area contributed by atoms with Gasteiger partial charge in [-0.15, -0.1) is 0 Å². The number of hydrogen-bond donors (Lipinski definition) is 0. The Labute approximate surface area is 146 Å². The van der Waals surface area contributed by atoms with Crippen LogP contribution < -0.4 is 4.74 Å². The summed E-state index contributed by atoms with van der Waals surface area (Å²) in [6.07, 6.45) is 9.36. The predicted octanol–water partition coefficient (Wildman–Crippen LogP) is 3.35. The van der Waals surface area contributed by atoms with Crippen LogP contribution in [-0.2, 0) is 4.74 Å². The first-order chi connectivity index (χ1) is 11.1. The molecular weight excluding hydrogens is 358 g/mol. The van der Waals surface area contributed by atoms with Gasteiger partial charge in [0.15, 0.2) is 0 Å². The van der Waals surface area contributed by atoms with Gasteiger partial charge in [-0.2, -0.15) is 0 Å². The molecule has 1 saturated carbocycles. The van der Waals surface area contributed by atoms with Gasteiger partial charge in [-0.1, -0.05) is 0 Å². The van der Waals surface area contributed by atoms with Crippen LogP contribution in [0.15, 0.2) is 10.8 Å². The highest BCUT2D eigenvalue weighted by Crippen LogP contribution is 2.28. The highest BCUT2D eigenvalue weighted by Gasteiger charge is 2.27. The average molecular weight is 384 g/mol. The van der Waals surface area contributed by atoms with E-state index in [1.54, 1.807) is 6.20 Å². The van der Waals surface area contributed by atoms with Crippen LogP contribution in [0.4, 0.5) is 0 Å². The van der Waals surface area contributed by atoms with Crippen LogP contribution in [0, 0.1) is 6.92 Å². The van der Waals surface area contributed by atoms with Gasteiger partial charge >= 0.3 is 0 Å². The first-order valence-corrected chi connectivity index (χ1v) is 9.39. The molecule has 0 N–H and O–H groups in total. The molecule has 3 rings (SSSR count). The third-order valence-electron chi connectivity index (χ3n) is 4.82. The van der Waals surface area contributed by atoms with Crippen molar-refractivity contribution in [3.8, 4) is 5.88 Å². The molecule has 5 nitrogen and oxygen atoms in total. The van der Waals surface area contributed by atoms with Crippen LogP contribution in [0.5, 0.6) is 5.88 Å². The highest BCUT2D eigenvalue weighted by atomic mass is 79.9. The van der Waals surface area contributed by atoms with Gasteiger partial charge in [0.05, 0.1) is 18.4 Å². The molecule has 0 spiro atoms. The predicted molar refractivity (Wildman–Crippen MR) is 92.7 cm³/mol. The Morgan fingerprint density at radius 1 is 1.04 bits per heavy atom. The smallest absolute Gasteiger partial charge is 0.235 e. The number of halogens is 1. The summed E-state index contributed by atoms with van der Waals surface area (Å²) in [4.78, 5) is 11.0. The molecule has 1 aromatic rings. The lowest BCUT2D eigenvalue weighted by atomic mass is 9.94. The van der Waals surface area contributed by atoms with Crippen LogP contribution in [0.25, 0.3) is 0 Å². The van der Waals surface area contributed by atoms with Gasteiger partial charge in [0, 0.05) is 13.1 Å². The zero-order chi connectivity index (χ0) is 16.2. The van der Waals surface area contributed by atoms with Crippen molar-refractivity contribution in [2.45, 2.75) is 63.8 Å². The van der Waals surface area contributed by atoms with Crippen LogP contribution in [0.1, 0.15) is 44.2 Å². The fourth-order valence-electron chi connectivity index (χ4n) is 3.40. The van der Waals surface area contributed by atoms with Gasteiger partial charge in [0.1, 0.15) is 16.4 Å². The van der Waals surface area contributed by atoms with Crippen molar-refractivity contribution in [3.05, 3.63) is 16.5 Å². The molecule has 0 aromatic carbocycles. The van der Waals surface area contributed by atoms with Crippen molar-refractivity contribution in [3.63, 3.8) is 0 Å². The van der Waals surface area contributed by atoms with Gasteiger partial charge in [0.25, 0.3) is 0 Å². The lowest BCUT2D eigenvalue weighted by Crippen LogP contribution is -2.38. The van der Waals surface area contributed by atoms with E-state index in [1.165, 1.54) is 12.8 Å². The molecule has 1 saturated heterocycles. The Bertz CT molecular complexity index is 513. The second-order valence-corrected chi connectivity index (χ2v) is 7.55. The second-order valence-electron chi connectivity index (χ2n) is 6.74. The molecule has 2 heterocycles. The summed E-state index contributed by atoms with van der Waals surface area (Å²) in [7, 11) is 2.19. The summed E-state index contributed by atoms with van der Waals surface area (Å²) in [6, 6.07) is 0. The number of piperidine rings is 1. The van der Waals surface area contributed by atoms with Crippen LogP contribution >= 0.6 is 15.9 Å². The zero-order valence-corrected chi connectivity index (χ0v) is 15.6. The van der Waals surface area contributed by atoms with Crippen LogP contribution in [0.3, 0.4) is 0 Å². The largest absolute Gasteiger partial charge is 0.473 e. The molecule has 0 bridgehead atoms. The van der Waals surface area contributed by atoms with Crippen molar-refractivity contribution >= 4 is 15.9 Å². The topological polar surface area (TPSA) is 47.5 Å². The number of likely N-dealkylation sites (tertiary alicyclic amines) is 1. The number of rotatable bonds is 4. The average Bonchev–Trinajstić information content (AvgIpc) is 2.54. The molecule has 1 aliphatic heterocycles. The van der Waals surface area contributed by atoms with Gasteiger partial charge in [-0.3, -0.25) is 0 Å². The van der Waals surface area contributed by atoms with Crippen molar-refractivity contribution in [2.75, 3.05) is 20.1 Å². The normalized spacial score (nSPS) is 27.1. The van der Waals surface area contributed by atoms with E-state index in [-0.39, 0.29) is 6.10 Å². The Morgan fingerprint density at radius 3 is 2.30 bits per heavy atom.